The molecule has 1 aliphatic rings. The summed E-state index contributed by atoms with van der Waals surface area (Å²) < 4.78 is 0. The molecule has 0 amide bonds. The molecule has 0 saturated carbocycles. The summed E-state index contributed by atoms with van der Waals surface area (Å²) in [6.45, 7) is 0. The molecule has 0 aliphatic carbocycles. The van der Waals surface area contributed by atoms with Crippen molar-refractivity contribution in [3.63, 3.8) is 0 Å². The SMILES string of the molecule is [O-]C1=N[CH]SC1. The highest BCUT2D eigenvalue weighted by Gasteiger charge is 1.92. The van der Waals surface area contributed by atoms with Crippen LogP contribution < -0.4 is 5.11 Å². The smallest absolute Gasteiger partial charge is 0.126 e. The van der Waals surface area contributed by atoms with Gasteiger partial charge in [0, 0.05) is 5.75 Å². The molecule has 0 atom stereocenters. The fourth-order valence-electron chi connectivity index (χ4n) is 0.242. The minimum absolute atomic E-state index is 0.0139. The first kappa shape index (κ1) is 3.99. The Kier molecular flexibility index (Phi) is 1.01. The van der Waals surface area contributed by atoms with E-state index in [1.54, 1.807) is 5.88 Å². The van der Waals surface area contributed by atoms with Crippen LogP contribution in [0.2, 0.25) is 0 Å². The molecule has 0 aromatic rings. The second kappa shape index (κ2) is 1.51. The van der Waals surface area contributed by atoms with Gasteiger partial charge in [-0.3, -0.25) is 4.99 Å². The van der Waals surface area contributed by atoms with Crippen LogP contribution in [-0.2, 0) is 0 Å². The molecule has 1 rings (SSSR count). The Hall–Kier alpha value is -0.180. The fraction of sp³-hybridized carbons (Fsp3) is 0.333. The first-order chi connectivity index (χ1) is 2.89. The molecule has 1 heterocycles. The molecule has 0 aromatic carbocycles. The molecule has 3 heteroatoms. The quantitative estimate of drug-likeness (QED) is 0.416. The van der Waals surface area contributed by atoms with E-state index in [2.05, 4.69) is 4.99 Å². The maximum absolute atomic E-state index is 10.0. The summed E-state index contributed by atoms with van der Waals surface area (Å²) in [5.74, 6) is 2.10. The zero-order valence-corrected chi connectivity index (χ0v) is 3.86. The van der Waals surface area contributed by atoms with Crippen molar-refractivity contribution in [3.05, 3.63) is 5.88 Å². The van der Waals surface area contributed by atoms with Crippen LogP contribution in [0.5, 0.6) is 0 Å². The van der Waals surface area contributed by atoms with Crippen molar-refractivity contribution >= 4 is 17.7 Å². The molecule has 6 heavy (non-hydrogen) atoms. The zero-order valence-electron chi connectivity index (χ0n) is 3.05. The molecule has 1 aliphatic heterocycles. The topological polar surface area (TPSA) is 35.4 Å². The highest BCUT2D eigenvalue weighted by atomic mass is 32.2. The maximum atomic E-state index is 10.0. The molecule has 2 nitrogen and oxygen atoms in total. The van der Waals surface area contributed by atoms with Crippen molar-refractivity contribution in [3.8, 4) is 0 Å². The largest absolute Gasteiger partial charge is 0.861 e. The van der Waals surface area contributed by atoms with Crippen molar-refractivity contribution in [2.24, 2.45) is 4.99 Å². The normalized spacial score (nSPS) is 21.0. The van der Waals surface area contributed by atoms with Gasteiger partial charge < -0.3 is 5.11 Å². The number of rotatable bonds is 0. The molecule has 0 saturated heterocycles. The van der Waals surface area contributed by atoms with E-state index in [0.29, 0.717) is 5.75 Å². The van der Waals surface area contributed by atoms with Crippen LogP contribution in [0.15, 0.2) is 4.99 Å². The Morgan fingerprint density at radius 2 is 2.83 bits per heavy atom. The Labute approximate surface area is 40.3 Å². The van der Waals surface area contributed by atoms with Gasteiger partial charge in [-0.25, -0.2) is 0 Å². The van der Waals surface area contributed by atoms with Gasteiger partial charge in [0.2, 0.25) is 0 Å². The van der Waals surface area contributed by atoms with Gasteiger partial charge in [0.25, 0.3) is 0 Å². The van der Waals surface area contributed by atoms with Gasteiger partial charge >= 0.3 is 0 Å². The molecule has 0 aromatic heterocycles. The third kappa shape index (κ3) is 0.653. The van der Waals surface area contributed by atoms with E-state index in [-0.39, 0.29) is 5.90 Å². The predicted octanol–water partition coefficient (Wildman–Crippen LogP) is -0.389. The third-order valence-electron chi connectivity index (χ3n) is 0.478. The minimum Gasteiger partial charge on any atom is -0.861 e. The highest BCUT2D eigenvalue weighted by Crippen LogP contribution is 2.11. The van der Waals surface area contributed by atoms with Gasteiger partial charge in [-0.2, -0.15) is 0 Å². The van der Waals surface area contributed by atoms with Gasteiger partial charge in [0.15, 0.2) is 0 Å². The number of thioether (sulfide) groups is 1. The lowest BCUT2D eigenvalue weighted by Crippen LogP contribution is -2.16. The summed E-state index contributed by atoms with van der Waals surface area (Å²) in [4.78, 5) is 3.44. The van der Waals surface area contributed by atoms with E-state index in [1.807, 2.05) is 0 Å². The van der Waals surface area contributed by atoms with Gasteiger partial charge in [0.05, 0.1) is 0 Å². The summed E-state index contributed by atoms with van der Waals surface area (Å²) in [6.07, 6.45) is 0. The summed E-state index contributed by atoms with van der Waals surface area (Å²) in [6, 6.07) is 0. The molecular formula is C3H3NOS-. The molecule has 33 valence electrons. The van der Waals surface area contributed by atoms with Crippen LogP contribution in [0.1, 0.15) is 0 Å². The average Bonchev–Trinajstić information content (AvgIpc) is 1.86. The predicted molar refractivity (Wildman–Crippen MR) is 24.2 cm³/mol. The lowest BCUT2D eigenvalue weighted by molar-refractivity contribution is -0.214. The summed E-state index contributed by atoms with van der Waals surface area (Å²) in [5.41, 5.74) is 0. The highest BCUT2D eigenvalue weighted by molar-refractivity contribution is 8.02. The van der Waals surface area contributed by atoms with Gasteiger partial charge in [0.1, 0.15) is 5.88 Å². The monoisotopic (exact) mass is 101 g/mol. The average molecular weight is 101 g/mol. The molecule has 0 spiro atoms. The van der Waals surface area contributed by atoms with Gasteiger partial charge in [-0.15, -0.1) is 11.8 Å². The summed E-state index contributed by atoms with van der Waals surface area (Å²) in [5, 5.41) is 10.0. The number of hydrogen-bond donors (Lipinski definition) is 0. The first-order valence-electron chi connectivity index (χ1n) is 1.56. The van der Waals surface area contributed by atoms with Crippen LogP contribution in [0, 0.1) is 5.88 Å². The van der Waals surface area contributed by atoms with Crippen LogP contribution in [0.4, 0.5) is 0 Å². The summed E-state index contributed by atoms with van der Waals surface area (Å²) >= 11 is 1.44. The molecule has 1 radical (unpaired) electrons. The van der Waals surface area contributed by atoms with E-state index < -0.39 is 0 Å². The van der Waals surface area contributed by atoms with Crippen LogP contribution in [0.25, 0.3) is 0 Å². The fourth-order valence-corrected chi connectivity index (χ4v) is 0.726. The van der Waals surface area contributed by atoms with E-state index in [1.165, 1.54) is 11.8 Å². The van der Waals surface area contributed by atoms with Crippen molar-refractivity contribution in [1.82, 2.24) is 0 Å². The van der Waals surface area contributed by atoms with E-state index in [4.69, 9.17) is 0 Å². The lowest BCUT2D eigenvalue weighted by atomic mass is 10.8. The van der Waals surface area contributed by atoms with Crippen molar-refractivity contribution in [1.29, 1.82) is 0 Å². The Morgan fingerprint density at radius 3 is 3.00 bits per heavy atom. The summed E-state index contributed by atoms with van der Waals surface area (Å²) in [7, 11) is 0. The van der Waals surface area contributed by atoms with Crippen LogP contribution in [-0.4, -0.2) is 11.7 Å². The maximum Gasteiger partial charge on any atom is 0.126 e. The Bertz CT molecular complexity index is 80.9. The first-order valence-corrected chi connectivity index (χ1v) is 2.61. The van der Waals surface area contributed by atoms with Crippen LogP contribution >= 0.6 is 11.8 Å². The third-order valence-corrected chi connectivity index (χ3v) is 1.15. The molecule has 0 bridgehead atoms. The van der Waals surface area contributed by atoms with Crippen molar-refractivity contribution < 1.29 is 5.11 Å². The molecular weight excluding hydrogens is 98.1 g/mol. The lowest BCUT2D eigenvalue weighted by Gasteiger charge is -1.95. The zero-order chi connectivity index (χ0) is 4.41. The minimum atomic E-state index is -0.0139. The Morgan fingerprint density at radius 1 is 2.00 bits per heavy atom. The molecule has 0 N–H and O–H groups in total. The Balaban J connectivity index is 2.45. The number of hydrogen-bond acceptors (Lipinski definition) is 3. The van der Waals surface area contributed by atoms with E-state index in [9.17, 15) is 5.11 Å². The number of aliphatic imine (C=N–C) groups is 1. The second-order valence-corrected chi connectivity index (χ2v) is 1.77. The van der Waals surface area contributed by atoms with Crippen molar-refractivity contribution in [2.45, 2.75) is 0 Å². The molecule has 0 unspecified atom stereocenters. The molecule has 0 fully saturated rings. The standard InChI is InChI=1S/C3H4NOS/c5-3-1-6-2-4-3/h2H,1H2,(H,4,5)/p-1. The van der Waals surface area contributed by atoms with Crippen LogP contribution in [0.3, 0.4) is 0 Å². The van der Waals surface area contributed by atoms with Gasteiger partial charge in [-0.05, 0) is 5.90 Å². The van der Waals surface area contributed by atoms with E-state index >= 15 is 0 Å². The van der Waals surface area contributed by atoms with Gasteiger partial charge in [-0.1, -0.05) is 0 Å². The van der Waals surface area contributed by atoms with Crippen molar-refractivity contribution in [2.75, 3.05) is 5.75 Å². The number of nitrogens with zero attached hydrogens (tertiary/aromatic N) is 1. The van der Waals surface area contributed by atoms with E-state index in [0.717, 1.165) is 0 Å². The second-order valence-electron chi connectivity index (χ2n) is 0.939.